The Bertz CT molecular complexity index is 972. The molecule has 5 nitrogen and oxygen atoms in total. The maximum absolute atomic E-state index is 12.4. The van der Waals surface area contributed by atoms with Crippen LogP contribution in [0.3, 0.4) is 0 Å². The molecule has 1 heterocycles. The van der Waals surface area contributed by atoms with E-state index in [1.807, 2.05) is 43.3 Å². The average Bonchev–Trinajstić information content (AvgIpc) is 3.05. The third-order valence-electron chi connectivity index (χ3n) is 4.32. The Morgan fingerprint density at radius 2 is 1.93 bits per heavy atom. The summed E-state index contributed by atoms with van der Waals surface area (Å²) in [7, 11) is 0. The minimum atomic E-state index is -0.0552. The van der Waals surface area contributed by atoms with Crippen molar-refractivity contribution in [3.8, 4) is 0 Å². The Balaban J connectivity index is 1.67. The predicted octanol–water partition coefficient (Wildman–Crippen LogP) is 5.33. The van der Waals surface area contributed by atoms with Crippen molar-refractivity contribution in [2.24, 2.45) is 5.92 Å². The van der Waals surface area contributed by atoms with E-state index in [0.29, 0.717) is 5.92 Å². The van der Waals surface area contributed by atoms with Gasteiger partial charge < -0.3 is 9.88 Å². The van der Waals surface area contributed by atoms with Crippen molar-refractivity contribution in [3.63, 3.8) is 0 Å². The molecule has 1 amide bonds. The Morgan fingerprint density at radius 3 is 2.62 bits per heavy atom. The largest absolute Gasteiger partial charge is 0.325 e. The van der Waals surface area contributed by atoms with Gasteiger partial charge in [0.05, 0.1) is 5.75 Å². The number of carbonyl (C=O) groups is 1. The van der Waals surface area contributed by atoms with Crippen LogP contribution in [0, 0.1) is 12.8 Å². The lowest BCUT2D eigenvalue weighted by Gasteiger charge is -2.12. The molecular formula is C22H25BrN4OS. The molecule has 0 atom stereocenters. The van der Waals surface area contributed by atoms with Gasteiger partial charge in [-0.1, -0.05) is 71.9 Å². The summed E-state index contributed by atoms with van der Waals surface area (Å²) in [5.41, 5.74) is 3.08. The second-order valence-electron chi connectivity index (χ2n) is 7.37. The van der Waals surface area contributed by atoms with Crippen LogP contribution in [0.4, 0.5) is 5.69 Å². The van der Waals surface area contributed by atoms with Crippen LogP contribution in [0.15, 0.2) is 58.2 Å². The Labute approximate surface area is 184 Å². The van der Waals surface area contributed by atoms with E-state index < -0.39 is 0 Å². The number of aromatic nitrogens is 3. The normalized spacial score (nSPS) is 11.1. The van der Waals surface area contributed by atoms with Crippen LogP contribution < -0.4 is 5.32 Å². The van der Waals surface area contributed by atoms with Crippen molar-refractivity contribution in [1.29, 1.82) is 0 Å². The molecule has 0 unspecified atom stereocenters. The lowest BCUT2D eigenvalue weighted by Crippen LogP contribution is -2.15. The van der Waals surface area contributed by atoms with Crippen LogP contribution in [-0.4, -0.2) is 26.4 Å². The van der Waals surface area contributed by atoms with Gasteiger partial charge in [0.25, 0.3) is 0 Å². The van der Waals surface area contributed by atoms with Crippen LogP contribution in [0.5, 0.6) is 0 Å². The van der Waals surface area contributed by atoms with Gasteiger partial charge >= 0.3 is 0 Å². The topological polar surface area (TPSA) is 59.8 Å². The summed E-state index contributed by atoms with van der Waals surface area (Å²) < 4.78 is 3.16. The molecule has 0 saturated carbocycles. The van der Waals surface area contributed by atoms with E-state index in [1.165, 1.54) is 17.3 Å². The maximum Gasteiger partial charge on any atom is 0.234 e. The number of halogens is 1. The number of thioether (sulfide) groups is 1. The number of nitrogens with zero attached hydrogens (tertiary/aromatic N) is 3. The third-order valence-corrected chi connectivity index (χ3v) is 6.18. The first-order valence-corrected chi connectivity index (χ1v) is 11.3. The van der Waals surface area contributed by atoms with Gasteiger partial charge in [0.15, 0.2) is 5.16 Å². The molecule has 1 N–H and O–H groups in total. The zero-order chi connectivity index (χ0) is 20.8. The Kier molecular flexibility index (Phi) is 7.50. The van der Waals surface area contributed by atoms with Crippen LogP contribution in [0.25, 0.3) is 0 Å². The van der Waals surface area contributed by atoms with Crippen molar-refractivity contribution in [2.75, 3.05) is 11.1 Å². The molecule has 0 fully saturated rings. The summed E-state index contributed by atoms with van der Waals surface area (Å²) in [5, 5.41) is 12.5. The summed E-state index contributed by atoms with van der Waals surface area (Å²) in [6.45, 7) is 7.16. The predicted molar refractivity (Wildman–Crippen MR) is 122 cm³/mol. The van der Waals surface area contributed by atoms with E-state index in [0.717, 1.165) is 39.7 Å². The zero-order valence-corrected chi connectivity index (χ0v) is 19.3. The molecule has 1 aromatic heterocycles. The Hall–Kier alpha value is -2.12. The number of benzene rings is 2. The first kappa shape index (κ1) is 21.6. The molecule has 29 heavy (non-hydrogen) atoms. The summed E-state index contributed by atoms with van der Waals surface area (Å²) in [4.78, 5) is 12.4. The lowest BCUT2D eigenvalue weighted by atomic mass is 10.1. The summed E-state index contributed by atoms with van der Waals surface area (Å²) in [6.07, 6.45) is 0.728. The molecule has 0 spiro atoms. The van der Waals surface area contributed by atoms with Gasteiger partial charge in [0, 0.05) is 23.1 Å². The number of amides is 1. The van der Waals surface area contributed by atoms with Gasteiger partial charge in [0.2, 0.25) is 5.91 Å². The van der Waals surface area contributed by atoms with E-state index in [1.54, 1.807) is 0 Å². The number of rotatable bonds is 8. The van der Waals surface area contributed by atoms with Crippen LogP contribution in [-0.2, 0) is 17.8 Å². The second-order valence-corrected chi connectivity index (χ2v) is 9.16. The number of carbonyl (C=O) groups excluding carboxylic acids is 1. The monoisotopic (exact) mass is 472 g/mol. The van der Waals surface area contributed by atoms with Gasteiger partial charge in [-0.05, 0) is 42.2 Å². The fraction of sp³-hybridized carbons (Fsp3) is 0.318. The summed E-state index contributed by atoms with van der Waals surface area (Å²) in [6, 6.07) is 16.0. The standard InChI is InChI=1S/C22H25BrN4OS/c1-15(2)13-27-20(12-17-7-5-4-6-8-17)25-26-22(27)29-14-21(28)24-18-9-10-19(23)16(3)11-18/h4-11,15H,12-14H2,1-3H3,(H,24,28). The highest BCUT2D eigenvalue weighted by Crippen LogP contribution is 2.22. The summed E-state index contributed by atoms with van der Waals surface area (Å²) in [5.74, 6) is 1.62. The highest BCUT2D eigenvalue weighted by atomic mass is 79.9. The van der Waals surface area contributed by atoms with Gasteiger partial charge in [0.1, 0.15) is 5.82 Å². The molecule has 0 aliphatic heterocycles. The molecule has 7 heteroatoms. The molecule has 3 rings (SSSR count). The average molecular weight is 473 g/mol. The smallest absolute Gasteiger partial charge is 0.234 e. The number of hydrogen-bond acceptors (Lipinski definition) is 4. The van der Waals surface area contributed by atoms with Crippen molar-refractivity contribution >= 4 is 39.3 Å². The number of hydrogen-bond donors (Lipinski definition) is 1. The highest BCUT2D eigenvalue weighted by Gasteiger charge is 2.16. The molecule has 0 saturated heterocycles. The molecular weight excluding hydrogens is 448 g/mol. The van der Waals surface area contributed by atoms with E-state index in [-0.39, 0.29) is 11.7 Å². The van der Waals surface area contributed by atoms with Crippen molar-refractivity contribution in [2.45, 2.75) is 38.9 Å². The summed E-state index contributed by atoms with van der Waals surface area (Å²) >= 11 is 4.90. The van der Waals surface area contributed by atoms with Crippen molar-refractivity contribution in [3.05, 3.63) is 70.0 Å². The van der Waals surface area contributed by atoms with Gasteiger partial charge in [-0.25, -0.2) is 0 Å². The van der Waals surface area contributed by atoms with Crippen LogP contribution in [0.1, 0.15) is 30.8 Å². The second kappa shape index (κ2) is 10.1. The molecule has 0 bridgehead atoms. The lowest BCUT2D eigenvalue weighted by molar-refractivity contribution is -0.113. The van der Waals surface area contributed by atoms with Gasteiger partial charge in [-0.2, -0.15) is 0 Å². The van der Waals surface area contributed by atoms with E-state index in [4.69, 9.17) is 0 Å². The number of nitrogens with one attached hydrogen (secondary N) is 1. The van der Waals surface area contributed by atoms with Crippen LogP contribution >= 0.6 is 27.7 Å². The van der Waals surface area contributed by atoms with Crippen molar-refractivity contribution < 1.29 is 4.79 Å². The number of aryl methyl sites for hydroxylation is 1. The Morgan fingerprint density at radius 1 is 1.17 bits per heavy atom. The number of anilines is 1. The van der Waals surface area contributed by atoms with Crippen LogP contribution in [0.2, 0.25) is 0 Å². The van der Waals surface area contributed by atoms with Crippen molar-refractivity contribution in [1.82, 2.24) is 14.8 Å². The molecule has 3 aromatic rings. The quantitative estimate of drug-likeness (QED) is 0.450. The first-order valence-electron chi connectivity index (χ1n) is 9.57. The molecule has 0 radical (unpaired) electrons. The highest BCUT2D eigenvalue weighted by molar-refractivity contribution is 9.10. The van der Waals surface area contributed by atoms with Gasteiger partial charge in [-0.15, -0.1) is 10.2 Å². The first-order chi connectivity index (χ1) is 13.9. The molecule has 0 aliphatic rings. The molecule has 0 aliphatic carbocycles. The zero-order valence-electron chi connectivity index (χ0n) is 16.9. The van der Waals surface area contributed by atoms with E-state index in [9.17, 15) is 4.79 Å². The van der Waals surface area contributed by atoms with Gasteiger partial charge in [-0.3, -0.25) is 4.79 Å². The fourth-order valence-corrected chi connectivity index (χ4v) is 3.95. The third kappa shape index (κ3) is 6.18. The molecule has 152 valence electrons. The minimum Gasteiger partial charge on any atom is -0.325 e. The fourth-order valence-electron chi connectivity index (χ4n) is 2.93. The SMILES string of the molecule is Cc1cc(NC(=O)CSc2nnc(Cc3ccccc3)n2CC(C)C)ccc1Br. The maximum atomic E-state index is 12.4. The van der Waals surface area contributed by atoms with E-state index in [2.05, 4.69) is 62.0 Å². The van der Waals surface area contributed by atoms with E-state index >= 15 is 0 Å². The molecule has 2 aromatic carbocycles. The minimum absolute atomic E-state index is 0.0552.